The van der Waals surface area contributed by atoms with Crippen LogP contribution in [0.4, 0.5) is 0 Å². The van der Waals surface area contributed by atoms with E-state index in [4.69, 9.17) is 0 Å². The summed E-state index contributed by atoms with van der Waals surface area (Å²) < 4.78 is 0. The molecule has 4 aromatic carbocycles. The summed E-state index contributed by atoms with van der Waals surface area (Å²) in [6.45, 7) is 4.41. The number of hydrogen-bond donors (Lipinski definition) is 2. The number of fused-ring (bicyclic) bond motifs is 9. The Bertz CT molecular complexity index is 1610. The highest BCUT2D eigenvalue weighted by atomic mass is 14.7. The second-order valence-electron chi connectivity index (χ2n) is 9.73. The summed E-state index contributed by atoms with van der Waals surface area (Å²) in [4.78, 5) is 7.16. The van der Waals surface area contributed by atoms with Crippen molar-refractivity contribution in [3.8, 4) is 0 Å². The van der Waals surface area contributed by atoms with Gasteiger partial charge in [0.2, 0.25) is 0 Å². The van der Waals surface area contributed by atoms with Gasteiger partial charge in [-0.3, -0.25) is 0 Å². The van der Waals surface area contributed by atoms with Crippen LogP contribution in [0.1, 0.15) is 56.8 Å². The summed E-state index contributed by atoms with van der Waals surface area (Å²) in [5.41, 5.74) is 5.06. The lowest BCUT2D eigenvalue weighted by Crippen LogP contribution is -1.85. The van der Waals surface area contributed by atoms with Crippen LogP contribution in [0.25, 0.3) is 54.1 Å². The minimum absolute atomic E-state index is 1.15. The lowest BCUT2D eigenvalue weighted by atomic mass is 9.94. The molecule has 0 saturated heterocycles. The largest absolute Gasteiger partial charge is 0.359 e. The molecule has 0 aliphatic rings. The van der Waals surface area contributed by atoms with Gasteiger partial charge in [-0.15, -0.1) is 0 Å². The van der Waals surface area contributed by atoms with Crippen molar-refractivity contribution in [2.24, 2.45) is 0 Å². The molecule has 2 heterocycles. The third-order valence-electron chi connectivity index (χ3n) is 7.38. The van der Waals surface area contributed by atoms with E-state index in [1.54, 1.807) is 0 Å². The van der Waals surface area contributed by atoms with Gasteiger partial charge in [0.1, 0.15) is 0 Å². The quantitative estimate of drug-likeness (QED) is 0.186. The number of H-pyrrole nitrogens is 2. The molecule has 0 atom stereocenters. The maximum atomic E-state index is 3.69. The summed E-state index contributed by atoms with van der Waals surface area (Å²) in [6.07, 6.45) is 9.19. The van der Waals surface area contributed by atoms with E-state index in [-0.39, 0.29) is 0 Å². The Morgan fingerprint density at radius 2 is 1.00 bits per heavy atom. The molecule has 6 rings (SSSR count). The van der Waals surface area contributed by atoms with Crippen molar-refractivity contribution >= 4 is 54.1 Å². The van der Waals surface area contributed by atoms with E-state index < -0.39 is 0 Å². The topological polar surface area (TPSA) is 31.6 Å². The highest BCUT2D eigenvalue weighted by Gasteiger charge is 2.11. The first-order valence-corrected chi connectivity index (χ1v) is 12.6. The molecule has 6 aromatic rings. The Hall–Kier alpha value is -3.26. The lowest BCUT2D eigenvalue weighted by Gasteiger charge is -2.09. The average molecular weight is 433 g/mol. The van der Waals surface area contributed by atoms with Crippen molar-refractivity contribution in [1.29, 1.82) is 0 Å². The molecule has 0 aliphatic heterocycles. The van der Waals surface area contributed by atoms with Gasteiger partial charge in [0.15, 0.2) is 0 Å². The van der Waals surface area contributed by atoms with Gasteiger partial charge < -0.3 is 9.97 Å². The van der Waals surface area contributed by atoms with Crippen LogP contribution < -0.4 is 0 Å². The van der Waals surface area contributed by atoms with Crippen LogP contribution in [0, 0.1) is 6.92 Å². The zero-order valence-corrected chi connectivity index (χ0v) is 19.7. The van der Waals surface area contributed by atoms with E-state index in [0.29, 0.717) is 0 Å². The van der Waals surface area contributed by atoms with E-state index in [0.717, 1.165) is 6.42 Å². The molecular formula is C31H32N2. The Morgan fingerprint density at radius 3 is 1.64 bits per heavy atom. The predicted octanol–water partition coefficient (Wildman–Crippen LogP) is 9.32. The molecule has 2 aromatic heterocycles. The summed E-state index contributed by atoms with van der Waals surface area (Å²) in [5.74, 6) is 0. The van der Waals surface area contributed by atoms with Crippen molar-refractivity contribution in [3.05, 3.63) is 72.1 Å². The molecule has 0 fully saturated rings. The van der Waals surface area contributed by atoms with Crippen LogP contribution >= 0.6 is 0 Å². The second kappa shape index (κ2) is 8.26. The SMILES string of the molecule is CCCCCCCCc1cc2c(ccc3c2ccc2c4ccc5[nH]c(C)cc5c4ccc32)[nH]1. The standard InChI is InChI=1S/C31H32N2/c1-3-4-5-6-7-8-9-21-19-29-27-13-11-22-23(25(27)15-17-31(29)33-21)10-12-26-24(22)14-16-30-28(26)18-20(2)32-30/h10-19,32-33H,3-9H2,1-2H3. The van der Waals surface area contributed by atoms with Crippen LogP contribution in [0.15, 0.2) is 60.7 Å². The zero-order valence-electron chi connectivity index (χ0n) is 19.7. The van der Waals surface area contributed by atoms with Crippen LogP contribution in [-0.2, 0) is 6.42 Å². The molecule has 2 heteroatoms. The van der Waals surface area contributed by atoms with Crippen molar-refractivity contribution in [2.45, 2.75) is 58.8 Å². The van der Waals surface area contributed by atoms with Gasteiger partial charge >= 0.3 is 0 Å². The molecule has 0 spiro atoms. The third kappa shape index (κ3) is 3.49. The molecule has 33 heavy (non-hydrogen) atoms. The highest BCUT2D eigenvalue weighted by molar-refractivity contribution is 6.24. The van der Waals surface area contributed by atoms with Crippen LogP contribution in [0.5, 0.6) is 0 Å². The third-order valence-corrected chi connectivity index (χ3v) is 7.38. The van der Waals surface area contributed by atoms with Crippen molar-refractivity contribution in [3.63, 3.8) is 0 Å². The number of aryl methyl sites for hydroxylation is 2. The van der Waals surface area contributed by atoms with Gasteiger partial charge in [0, 0.05) is 33.2 Å². The summed E-state index contributed by atoms with van der Waals surface area (Å²) >= 11 is 0. The maximum absolute atomic E-state index is 3.69. The molecule has 2 N–H and O–H groups in total. The fourth-order valence-corrected chi connectivity index (χ4v) is 5.69. The fourth-order valence-electron chi connectivity index (χ4n) is 5.69. The van der Waals surface area contributed by atoms with E-state index in [1.807, 2.05) is 0 Å². The monoisotopic (exact) mass is 432 g/mol. The zero-order chi connectivity index (χ0) is 22.4. The van der Waals surface area contributed by atoms with Crippen LogP contribution in [-0.4, -0.2) is 9.97 Å². The Labute approximate surface area is 195 Å². The van der Waals surface area contributed by atoms with Crippen molar-refractivity contribution in [2.75, 3.05) is 0 Å². The minimum Gasteiger partial charge on any atom is -0.359 e. The molecule has 2 nitrogen and oxygen atoms in total. The maximum Gasteiger partial charge on any atom is 0.0462 e. The molecule has 0 amide bonds. The molecule has 0 radical (unpaired) electrons. The first kappa shape index (κ1) is 20.4. The first-order chi connectivity index (χ1) is 16.2. The Kier molecular flexibility index (Phi) is 5.10. The first-order valence-electron chi connectivity index (χ1n) is 12.6. The van der Waals surface area contributed by atoms with Crippen LogP contribution in [0.2, 0.25) is 0 Å². The van der Waals surface area contributed by atoms with Gasteiger partial charge in [-0.05, 0) is 76.3 Å². The number of aromatic nitrogens is 2. The minimum atomic E-state index is 1.15. The van der Waals surface area contributed by atoms with Gasteiger partial charge in [-0.25, -0.2) is 0 Å². The highest BCUT2D eigenvalue weighted by Crippen LogP contribution is 2.37. The summed E-state index contributed by atoms with van der Waals surface area (Å²) in [6, 6.07) is 23.0. The Balaban J connectivity index is 1.40. The Morgan fingerprint density at radius 1 is 0.515 bits per heavy atom. The molecule has 0 bridgehead atoms. The fraction of sp³-hybridized carbons (Fsp3) is 0.290. The number of aromatic amines is 2. The smallest absolute Gasteiger partial charge is 0.0462 e. The van der Waals surface area contributed by atoms with E-state index >= 15 is 0 Å². The molecule has 0 aliphatic carbocycles. The van der Waals surface area contributed by atoms with Gasteiger partial charge in [-0.1, -0.05) is 75.4 Å². The molecule has 166 valence electrons. The van der Waals surface area contributed by atoms with Crippen LogP contribution in [0.3, 0.4) is 0 Å². The second-order valence-corrected chi connectivity index (χ2v) is 9.73. The van der Waals surface area contributed by atoms with E-state index in [2.05, 4.69) is 84.5 Å². The average Bonchev–Trinajstić information content (AvgIpc) is 3.43. The summed E-state index contributed by atoms with van der Waals surface area (Å²) in [5, 5.41) is 10.7. The van der Waals surface area contributed by atoms with Gasteiger partial charge in [0.25, 0.3) is 0 Å². The summed E-state index contributed by atoms with van der Waals surface area (Å²) in [7, 11) is 0. The number of hydrogen-bond acceptors (Lipinski definition) is 0. The number of nitrogens with one attached hydrogen (secondary N) is 2. The van der Waals surface area contributed by atoms with E-state index in [1.165, 1.54) is 104 Å². The predicted molar refractivity (Wildman–Crippen MR) is 144 cm³/mol. The molecule has 0 unspecified atom stereocenters. The normalized spacial score (nSPS) is 12.2. The van der Waals surface area contributed by atoms with Crippen molar-refractivity contribution in [1.82, 2.24) is 9.97 Å². The van der Waals surface area contributed by atoms with Gasteiger partial charge in [0.05, 0.1) is 0 Å². The number of unbranched alkanes of at least 4 members (excludes halogenated alkanes) is 5. The lowest BCUT2D eigenvalue weighted by molar-refractivity contribution is 0.605. The number of rotatable bonds is 7. The van der Waals surface area contributed by atoms with Crippen molar-refractivity contribution < 1.29 is 0 Å². The number of benzene rings is 4. The molecular weight excluding hydrogens is 400 g/mol. The molecule has 0 saturated carbocycles. The van der Waals surface area contributed by atoms with Gasteiger partial charge in [-0.2, -0.15) is 0 Å². The van der Waals surface area contributed by atoms with E-state index in [9.17, 15) is 0 Å².